The second-order valence-corrected chi connectivity index (χ2v) is 9.49. The van der Waals surface area contributed by atoms with Crippen LogP contribution in [0.25, 0.3) is 22.0 Å². The van der Waals surface area contributed by atoms with Crippen molar-refractivity contribution in [2.45, 2.75) is 18.2 Å². The first-order valence-electron chi connectivity index (χ1n) is 11.1. The number of aliphatic imine (C=N–C) groups is 3. The Morgan fingerprint density at radius 3 is 2.89 bits per heavy atom. The second kappa shape index (κ2) is 8.86. The molecule has 0 amide bonds. The Labute approximate surface area is 214 Å². The second-order valence-electron chi connectivity index (χ2n) is 8.24. The molecule has 0 fully saturated rings. The van der Waals surface area contributed by atoms with Crippen LogP contribution >= 0.6 is 22.6 Å². The highest BCUT2D eigenvalue weighted by atomic mass is 127. The summed E-state index contributed by atoms with van der Waals surface area (Å²) in [4.78, 5) is 18.7. The molecule has 2 aliphatic heterocycles. The molecule has 2 atom stereocenters. The zero-order valence-electron chi connectivity index (χ0n) is 18.4. The van der Waals surface area contributed by atoms with Crippen LogP contribution in [0.4, 0.5) is 0 Å². The van der Waals surface area contributed by atoms with Crippen molar-refractivity contribution in [3.8, 4) is 11.3 Å². The van der Waals surface area contributed by atoms with Gasteiger partial charge in [-0.25, -0.2) is 20.3 Å². The molecule has 0 unspecified atom stereocenters. The summed E-state index contributed by atoms with van der Waals surface area (Å²) in [5.41, 5.74) is 2.20. The van der Waals surface area contributed by atoms with Gasteiger partial charge in [0, 0.05) is 33.5 Å². The molecule has 35 heavy (non-hydrogen) atoms. The van der Waals surface area contributed by atoms with Crippen LogP contribution in [-0.4, -0.2) is 50.4 Å². The monoisotopic (exact) mass is 575 g/mol. The molecule has 1 radical (unpaired) electrons. The Morgan fingerprint density at radius 2 is 2.00 bits per heavy atom. The average Bonchev–Trinajstić information content (AvgIpc) is 3.54. The van der Waals surface area contributed by atoms with E-state index in [4.69, 9.17) is 9.98 Å². The lowest BCUT2D eigenvalue weighted by molar-refractivity contribution is 0.267. The van der Waals surface area contributed by atoms with Crippen molar-refractivity contribution in [2.75, 3.05) is 6.61 Å². The summed E-state index contributed by atoms with van der Waals surface area (Å²) < 4.78 is 1.14. The van der Waals surface area contributed by atoms with Crippen LogP contribution < -0.4 is 10.6 Å². The van der Waals surface area contributed by atoms with Gasteiger partial charge in [-0.05, 0) is 51.7 Å². The Hall–Kier alpha value is -3.64. The molecule has 2 aromatic heterocycles. The number of benzene rings is 2. The quantitative estimate of drug-likeness (QED) is 0.316. The number of rotatable bonds is 5. The topological polar surface area (TPSA) is 125 Å². The minimum atomic E-state index is -1.13. The van der Waals surface area contributed by atoms with Crippen LogP contribution in [-0.2, 0) is 6.54 Å². The van der Waals surface area contributed by atoms with Crippen LogP contribution in [0.3, 0.4) is 0 Å². The molecule has 4 heterocycles. The van der Waals surface area contributed by atoms with Gasteiger partial charge in [0.05, 0.1) is 12.3 Å². The van der Waals surface area contributed by atoms with Crippen molar-refractivity contribution in [3.05, 3.63) is 81.8 Å². The van der Waals surface area contributed by atoms with E-state index >= 15 is 0 Å². The summed E-state index contributed by atoms with van der Waals surface area (Å²) in [5, 5.41) is 27.6. The van der Waals surface area contributed by atoms with E-state index in [1.165, 1.54) is 6.34 Å². The highest BCUT2D eigenvalue weighted by molar-refractivity contribution is 14.1. The van der Waals surface area contributed by atoms with Crippen LogP contribution in [0.2, 0.25) is 0 Å². The van der Waals surface area contributed by atoms with Crippen LogP contribution in [0.5, 0.6) is 0 Å². The largest absolute Gasteiger partial charge is 0.393 e. The summed E-state index contributed by atoms with van der Waals surface area (Å²) in [7, 11) is 0. The lowest BCUT2D eigenvalue weighted by Crippen LogP contribution is -2.55. The Morgan fingerprint density at radius 1 is 1.09 bits per heavy atom. The third-order valence-electron chi connectivity index (χ3n) is 6.14. The van der Waals surface area contributed by atoms with E-state index in [9.17, 15) is 5.11 Å². The van der Waals surface area contributed by atoms with Gasteiger partial charge in [0.2, 0.25) is 5.54 Å². The van der Waals surface area contributed by atoms with Crippen LogP contribution in [0.1, 0.15) is 17.4 Å². The molecular weight excluding hydrogens is 555 g/mol. The fourth-order valence-electron chi connectivity index (χ4n) is 4.38. The molecule has 6 rings (SSSR count). The Kier molecular flexibility index (Phi) is 5.53. The first-order chi connectivity index (χ1) is 17.2. The summed E-state index contributed by atoms with van der Waals surface area (Å²) in [6.07, 6.45) is 4.36. The predicted molar refractivity (Wildman–Crippen MR) is 143 cm³/mol. The lowest BCUT2D eigenvalue weighted by atomic mass is 9.96. The number of amidine groups is 2. The molecule has 2 aromatic carbocycles. The molecule has 0 aliphatic carbocycles. The number of aromatic amines is 1. The zero-order chi connectivity index (χ0) is 23.8. The fraction of sp³-hybridized carbons (Fsp3) is 0.160. The van der Waals surface area contributed by atoms with Gasteiger partial charge in [0.25, 0.3) is 0 Å². The summed E-state index contributed by atoms with van der Waals surface area (Å²) in [5.74, 6) is 0.913. The highest BCUT2D eigenvalue weighted by Gasteiger charge is 2.48. The van der Waals surface area contributed by atoms with Crippen molar-refractivity contribution in [1.82, 2.24) is 25.8 Å². The van der Waals surface area contributed by atoms with E-state index in [1.807, 2.05) is 48.7 Å². The minimum Gasteiger partial charge on any atom is -0.393 e. The lowest BCUT2D eigenvalue weighted by Gasteiger charge is -2.31. The molecule has 0 bridgehead atoms. The molecular formula is C25H20IN8O. The van der Waals surface area contributed by atoms with Crippen LogP contribution in [0, 0.1) is 3.57 Å². The van der Waals surface area contributed by atoms with E-state index in [2.05, 4.69) is 65.5 Å². The molecule has 3 N–H and O–H groups in total. The smallest absolute Gasteiger partial charge is 0.201 e. The minimum absolute atomic E-state index is 0.297. The van der Waals surface area contributed by atoms with Crippen molar-refractivity contribution in [3.63, 3.8) is 0 Å². The number of aliphatic hydroxyl groups is 1. The molecule has 0 saturated heterocycles. The number of nitrogens with one attached hydrogen (secondary N) is 2. The molecule has 0 spiro atoms. The Balaban J connectivity index is 1.41. The number of nitrogens with zero attached hydrogens (tertiary/aromatic N) is 6. The molecule has 10 heteroatoms. The first kappa shape index (κ1) is 21.9. The van der Waals surface area contributed by atoms with Gasteiger partial charge in [0.15, 0.2) is 12.0 Å². The number of fused-ring (bicyclic) bond motifs is 2. The highest BCUT2D eigenvalue weighted by Crippen LogP contribution is 2.36. The molecule has 9 nitrogen and oxygen atoms in total. The zero-order valence-corrected chi connectivity index (χ0v) is 20.6. The van der Waals surface area contributed by atoms with E-state index in [-0.39, 0.29) is 6.61 Å². The van der Waals surface area contributed by atoms with E-state index in [0.29, 0.717) is 23.9 Å². The number of hydrogen-bond acceptors (Lipinski definition) is 7. The van der Waals surface area contributed by atoms with Crippen molar-refractivity contribution in [1.29, 1.82) is 0 Å². The normalized spacial score (nSPS) is 20.8. The molecule has 173 valence electrons. The number of halogens is 1. The SMILES string of the molecule is OC[C@@]12N=C[N]C1=N[C@@H](c1n[nH]cc1-c1nccc3ccccc13)N=C2NCc1cccc(I)c1. The number of aliphatic hydroxyl groups excluding tert-OH is 1. The van der Waals surface area contributed by atoms with Gasteiger partial charge >= 0.3 is 0 Å². The van der Waals surface area contributed by atoms with Gasteiger partial charge in [-0.15, -0.1) is 0 Å². The Bertz CT molecular complexity index is 1500. The van der Waals surface area contributed by atoms with E-state index in [1.54, 1.807) is 6.20 Å². The summed E-state index contributed by atoms with van der Waals surface area (Å²) in [6.45, 7) is 0.222. The summed E-state index contributed by atoms with van der Waals surface area (Å²) >= 11 is 2.29. The number of hydrogen-bond donors (Lipinski definition) is 3. The molecule has 0 saturated carbocycles. The fourth-order valence-corrected chi connectivity index (χ4v) is 4.99. The first-order valence-corrected chi connectivity index (χ1v) is 12.1. The summed E-state index contributed by atoms with van der Waals surface area (Å²) in [6, 6.07) is 18.2. The number of H-pyrrole nitrogens is 1. The maximum absolute atomic E-state index is 10.3. The molecule has 4 aromatic rings. The molecule has 2 aliphatic rings. The maximum Gasteiger partial charge on any atom is 0.201 e. The van der Waals surface area contributed by atoms with Crippen molar-refractivity contribution >= 4 is 51.4 Å². The predicted octanol–water partition coefficient (Wildman–Crippen LogP) is 3.21. The van der Waals surface area contributed by atoms with Gasteiger partial charge in [0.1, 0.15) is 17.9 Å². The van der Waals surface area contributed by atoms with Gasteiger partial charge in [-0.2, -0.15) is 5.10 Å². The average molecular weight is 575 g/mol. The van der Waals surface area contributed by atoms with E-state index in [0.717, 1.165) is 31.2 Å². The third kappa shape index (κ3) is 3.78. The van der Waals surface area contributed by atoms with Gasteiger partial charge < -0.3 is 10.4 Å². The van der Waals surface area contributed by atoms with Crippen molar-refractivity contribution < 1.29 is 5.11 Å². The van der Waals surface area contributed by atoms with E-state index < -0.39 is 11.7 Å². The van der Waals surface area contributed by atoms with Crippen molar-refractivity contribution in [2.24, 2.45) is 15.0 Å². The van der Waals surface area contributed by atoms with Crippen LogP contribution in [0.15, 0.2) is 82.0 Å². The number of aromatic nitrogens is 3. The van der Waals surface area contributed by atoms with Gasteiger partial charge in [-0.1, -0.05) is 36.4 Å². The standard InChI is InChI=1S/C25H20IN8O/c26-17-6-3-4-15(10-17)11-28-23-25(13-35)24(29-14-30-25)33-22(32-23)21-19(12-31-34-21)20-18-7-2-1-5-16(18)8-9-27-20/h1-10,12,14,22,35H,11,13H2,(H,28,32)(H,31,34)/t22-,25-/m0/s1. The maximum atomic E-state index is 10.3. The third-order valence-corrected chi connectivity index (χ3v) is 6.81. The number of pyridine rings is 1. The van der Waals surface area contributed by atoms with Gasteiger partial charge in [-0.3, -0.25) is 10.1 Å².